The predicted molar refractivity (Wildman–Crippen MR) is 109 cm³/mol. The molecule has 3 rings (SSSR count). The molecule has 1 heterocycles. The van der Waals surface area contributed by atoms with E-state index in [1.165, 1.54) is 5.56 Å². The summed E-state index contributed by atoms with van der Waals surface area (Å²) < 4.78 is 10.6. The van der Waals surface area contributed by atoms with Crippen molar-refractivity contribution in [2.45, 2.75) is 13.8 Å². The summed E-state index contributed by atoms with van der Waals surface area (Å²) >= 11 is 6.15. The highest BCUT2D eigenvalue weighted by atomic mass is 35.5. The number of methoxy groups -OCH3 is 2. The van der Waals surface area contributed by atoms with Crippen molar-refractivity contribution in [3.8, 4) is 11.5 Å². The van der Waals surface area contributed by atoms with Gasteiger partial charge in [-0.15, -0.1) is 0 Å². The van der Waals surface area contributed by atoms with Crippen LogP contribution in [0, 0.1) is 13.8 Å². The smallest absolute Gasteiger partial charge is 0.229 e. The lowest BCUT2D eigenvalue weighted by Gasteiger charge is -2.14. The van der Waals surface area contributed by atoms with Gasteiger partial charge in [0.2, 0.25) is 5.95 Å². The number of aromatic nitrogens is 2. The maximum Gasteiger partial charge on any atom is 0.229 e. The normalized spacial score (nSPS) is 10.4. The van der Waals surface area contributed by atoms with Crippen LogP contribution in [-0.4, -0.2) is 24.2 Å². The van der Waals surface area contributed by atoms with Crippen molar-refractivity contribution in [3.63, 3.8) is 0 Å². The van der Waals surface area contributed by atoms with Crippen LogP contribution in [0.3, 0.4) is 0 Å². The minimum Gasteiger partial charge on any atom is -0.495 e. The van der Waals surface area contributed by atoms with Crippen molar-refractivity contribution in [1.29, 1.82) is 0 Å². The van der Waals surface area contributed by atoms with Crippen LogP contribution in [0.15, 0.2) is 42.6 Å². The number of aryl methyl sites for hydroxylation is 2. The first-order chi connectivity index (χ1) is 13.0. The zero-order valence-electron chi connectivity index (χ0n) is 15.6. The molecule has 6 nitrogen and oxygen atoms in total. The molecule has 0 amide bonds. The van der Waals surface area contributed by atoms with Crippen molar-refractivity contribution in [2.24, 2.45) is 0 Å². The van der Waals surface area contributed by atoms with Gasteiger partial charge in [-0.25, -0.2) is 4.98 Å². The van der Waals surface area contributed by atoms with Gasteiger partial charge in [-0.1, -0.05) is 29.3 Å². The van der Waals surface area contributed by atoms with Crippen LogP contribution in [0.25, 0.3) is 0 Å². The summed E-state index contributed by atoms with van der Waals surface area (Å²) in [6, 6.07) is 11.4. The van der Waals surface area contributed by atoms with Crippen LogP contribution >= 0.6 is 11.6 Å². The molecule has 2 aromatic carbocycles. The molecule has 27 heavy (non-hydrogen) atoms. The van der Waals surface area contributed by atoms with Crippen LogP contribution in [0.2, 0.25) is 5.02 Å². The Morgan fingerprint density at radius 1 is 0.889 bits per heavy atom. The van der Waals surface area contributed by atoms with Crippen LogP contribution < -0.4 is 20.1 Å². The third-order valence-corrected chi connectivity index (χ3v) is 4.32. The van der Waals surface area contributed by atoms with Gasteiger partial charge in [-0.2, -0.15) is 4.98 Å². The summed E-state index contributed by atoms with van der Waals surface area (Å²) in [6.07, 6.45) is 1.68. The van der Waals surface area contributed by atoms with Crippen LogP contribution in [0.4, 0.5) is 23.1 Å². The highest BCUT2D eigenvalue weighted by Gasteiger charge is 2.11. The Labute approximate surface area is 163 Å². The molecule has 0 aliphatic rings. The van der Waals surface area contributed by atoms with Crippen molar-refractivity contribution >= 4 is 34.7 Å². The molecule has 0 spiro atoms. The highest BCUT2D eigenvalue weighted by molar-refractivity contribution is 6.32. The van der Waals surface area contributed by atoms with Gasteiger partial charge in [-0.3, -0.25) is 0 Å². The quantitative estimate of drug-likeness (QED) is 0.604. The van der Waals surface area contributed by atoms with E-state index in [0.29, 0.717) is 34.0 Å². The monoisotopic (exact) mass is 384 g/mol. The molecule has 0 radical (unpaired) electrons. The van der Waals surface area contributed by atoms with Gasteiger partial charge in [0, 0.05) is 24.0 Å². The van der Waals surface area contributed by atoms with E-state index in [2.05, 4.69) is 46.6 Å². The second-order valence-corrected chi connectivity index (χ2v) is 6.43. The Morgan fingerprint density at radius 2 is 1.67 bits per heavy atom. The lowest BCUT2D eigenvalue weighted by molar-refractivity contribution is 0.405. The highest BCUT2D eigenvalue weighted by Crippen LogP contribution is 2.37. The number of benzene rings is 2. The van der Waals surface area contributed by atoms with E-state index in [1.54, 1.807) is 32.5 Å². The third kappa shape index (κ3) is 4.41. The molecule has 2 N–H and O–H groups in total. The van der Waals surface area contributed by atoms with E-state index in [4.69, 9.17) is 21.1 Å². The van der Waals surface area contributed by atoms with Crippen molar-refractivity contribution in [3.05, 3.63) is 58.7 Å². The first-order valence-corrected chi connectivity index (χ1v) is 8.74. The van der Waals surface area contributed by atoms with Crippen LogP contribution in [0.1, 0.15) is 11.1 Å². The van der Waals surface area contributed by atoms with E-state index in [-0.39, 0.29) is 0 Å². The molecule has 0 saturated carbocycles. The first-order valence-electron chi connectivity index (χ1n) is 8.36. The van der Waals surface area contributed by atoms with Gasteiger partial charge in [0.15, 0.2) is 0 Å². The maximum absolute atomic E-state index is 6.15. The zero-order chi connectivity index (χ0) is 19.4. The summed E-state index contributed by atoms with van der Waals surface area (Å²) in [5, 5.41) is 6.93. The number of nitrogens with zero attached hydrogens (tertiary/aromatic N) is 2. The Bertz CT molecular complexity index is 963. The molecule has 0 atom stereocenters. The van der Waals surface area contributed by atoms with E-state index in [0.717, 1.165) is 11.3 Å². The van der Waals surface area contributed by atoms with E-state index in [1.807, 2.05) is 12.1 Å². The molecule has 0 saturated heterocycles. The van der Waals surface area contributed by atoms with Gasteiger partial charge in [0.05, 0.1) is 24.9 Å². The number of nitrogens with one attached hydrogen (secondary N) is 2. The standard InChI is InChI=1S/C20H21ClN4O2/c1-12-5-6-15(13(2)9-12)23-19-7-8-22-20(25-19)24-16-11-17(26-3)14(21)10-18(16)27-4/h5-11H,1-4H3,(H2,22,23,24,25). The average molecular weight is 385 g/mol. The Kier molecular flexibility index (Phi) is 5.66. The number of hydrogen-bond donors (Lipinski definition) is 2. The SMILES string of the molecule is COc1cc(Nc2nccc(Nc3ccc(C)cc3C)n2)c(OC)cc1Cl. The summed E-state index contributed by atoms with van der Waals surface area (Å²) in [5.41, 5.74) is 4.01. The van der Waals surface area contributed by atoms with Crippen molar-refractivity contribution in [1.82, 2.24) is 9.97 Å². The fourth-order valence-electron chi connectivity index (χ4n) is 2.66. The fourth-order valence-corrected chi connectivity index (χ4v) is 2.89. The van der Waals surface area contributed by atoms with E-state index < -0.39 is 0 Å². The number of halogens is 1. The summed E-state index contributed by atoms with van der Waals surface area (Å²) in [5.74, 6) is 2.20. The Morgan fingerprint density at radius 3 is 2.37 bits per heavy atom. The molecule has 0 unspecified atom stereocenters. The van der Waals surface area contributed by atoms with Gasteiger partial charge in [-0.05, 0) is 31.5 Å². The molecule has 0 bridgehead atoms. The van der Waals surface area contributed by atoms with E-state index in [9.17, 15) is 0 Å². The molecule has 140 valence electrons. The van der Waals surface area contributed by atoms with Gasteiger partial charge in [0.1, 0.15) is 17.3 Å². The predicted octanol–water partition coefficient (Wildman–Crippen LogP) is 5.25. The topological polar surface area (TPSA) is 68.3 Å². The molecule has 0 aliphatic heterocycles. The summed E-state index contributed by atoms with van der Waals surface area (Å²) in [4.78, 5) is 8.79. The Hall–Kier alpha value is -2.99. The molecular weight excluding hydrogens is 364 g/mol. The lowest BCUT2D eigenvalue weighted by atomic mass is 10.1. The maximum atomic E-state index is 6.15. The lowest BCUT2D eigenvalue weighted by Crippen LogP contribution is -2.02. The minimum atomic E-state index is 0.424. The molecule has 7 heteroatoms. The van der Waals surface area contributed by atoms with Crippen LogP contribution in [0.5, 0.6) is 11.5 Å². The fraction of sp³-hybridized carbons (Fsp3) is 0.200. The number of ether oxygens (including phenoxy) is 2. The number of hydrogen-bond acceptors (Lipinski definition) is 6. The zero-order valence-corrected chi connectivity index (χ0v) is 16.4. The number of anilines is 4. The first kappa shape index (κ1) is 18.8. The van der Waals surface area contributed by atoms with E-state index >= 15 is 0 Å². The van der Waals surface area contributed by atoms with Crippen LogP contribution in [-0.2, 0) is 0 Å². The Balaban J connectivity index is 1.86. The summed E-state index contributed by atoms with van der Waals surface area (Å²) in [7, 11) is 3.13. The van der Waals surface area contributed by atoms with Gasteiger partial charge in [0.25, 0.3) is 0 Å². The second kappa shape index (κ2) is 8.14. The largest absolute Gasteiger partial charge is 0.495 e. The van der Waals surface area contributed by atoms with Gasteiger partial charge >= 0.3 is 0 Å². The molecule has 0 fully saturated rings. The number of rotatable bonds is 6. The van der Waals surface area contributed by atoms with Crippen molar-refractivity contribution in [2.75, 3.05) is 24.9 Å². The summed E-state index contributed by atoms with van der Waals surface area (Å²) in [6.45, 7) is 4.12. The minimum absolute atomic E-state index is 0.424. The third-order valence-electron chi connectivity index (χ3n) is 4.02. The molecular formula is C20H21ClN4O2. The second-order valence-electron chi connectivity index (χ2n) is 6.02. The molecule has 1 aromatic heterocycles. The molecule has 3 aromatic rings. The molecule has 0 aliphatic carbocycles. The van der Waals surface area contributed by atoms with Crippen molar-refractivity contribution < 1.29 is 9.47 Å². The average Bonchev–Trinajstić information content (AvgIpc) is 2.65. The van der Waals surface area contributed by atoms with Gasteiger partial charge < -0.3 is 20.1 Å².